The molecule has 2 aromatic rings. The number of benzodiazepines with no additional fused rings is 1. The lowest BCUT2D eigenvalue weighted by Crippen LogP contribution is -2.36. The summed E-state index contributed by atoms with van der Waals surface area (Å²) in [4.78, 5) is 19.1. The number of rotatable bonds is 4. The molecule has 0 aliphatic carbocycles. The molecule has 1 aliphatic heterocycles. The molecule has 3 nitrogen and oxygen atoms in total. The standard InChI is InChI=1S/C21H22Cl2N2O/c1-4-14-7-6-13(10-15(14)5-2)11-18-21(26)25(3)19-9-8-16(22)12-17(19)20(23)24-18/h6-10,12,18H,4-5,11H2,1-3H3. The highest BCUT2D eigenvalue weighted by molar-refractivity contribution is 6.70. The molecular formula is C21H22Cl2N2O. The van der Waals surface area contributed by atoms with Gasteiger partial charge in [-0.2, -0.15) is 0 Å². The van der Waals surface area contributed by atoms with Crippen LogP contribution in [0.4, 0.5) is 5.69 Å². The van der Waals surface area contributed by atoms with Gasteiger partial charge in [-0.1, -0.05) is 55.2 Å². The van der Waals surface area contributed by atoms with E-state index in [9.17, 15) is 4.79 Å². The summed E-state index contributed by atoms with van der Waals surface area (Å²) in [5.41, 5.74) is 5.19. The SMILES string of the molecule is CCc1ccc(CC2N=C(Cl)c3cc(Cl)ccc3N(C)C2=O)cc1CC. The Balaban J connectivity index is 1.95. The zero-order valence-electron chi connectivity index (χ0n) is 15.2. The highest BCUT2D eigenvalue weighted by atomic mass is 35.5. The average molecular weight is 389 g/mol. The summed E-state index contributed by atoms with van der Waals surface area (Å²) in [6.45, 7) is 4.31. The minimum atomic E-state index is -0.546. The van der Waals surface area contributed by atoms with E-state index in [4.69, 9.17) is 23.2 Å². The maximum Gasteiger partial charge on any atom is 0.251 e. The van der Waals surface area contributed by atoms with Crippen molar-refractivity contribution in [1.82, 2.24) is 0 Å². The zero-order chi connectivity index (χ0) is 18.8. The van der Waals surface area contributed by atoms with Gasteiger partial charge in [0.15, 0.2) is 0 Å². The van der Waals surface area contributed by atoms with Gasteiger partial charge in [0.05, 0.1) is 5.69 Å². The molecular weight excluding hydrogens is 367 g/mol. The number of halogens is 2. The van der Waals surface area contributed by atoms with Gasteiger partial charge < -0.3 is 4.90 Å². The van der Waals surface area contributed by atoms with Gasteiger partial charge in [-0.25, -0.2) is 0 Å². The molecule has 0 saturated carbocycles. The summed E-state index contributed by atoms with van der Waals surface area (Å²) >= 11 is 12.5. The van der Waals surface area contributed by atoms with Gasteiger partial charge in [0.25, 0.3) is 5.91 Å². The van der Waals surface area contributed by atoms with Crippen LogP contribution < -0.4 is 4.90 Å². The molecule has 0 aromatic heterocycles. The molecule has 0 spiro atoms. The molecule has 0 bridgehead atoms. The van der Waals surface area contributed by atoms with Crippen molar-refractivity contribution in [3.05, 3.63) is 63.7 Å². The Bertz CT molecular complexity index is 876. The predicted octanol–water partition coefficient (Wildman–Crippen LogP) is 5.04. The lowest BCUT2D eigenvalue weighted by Gasteiger charge is -2.20. The highest BCUT2D eigenvalue weighted by Gasteiger charge is 2.29. The topological polar surface area (TPSA) is 32.7 Å². The molecule has 1 aliphatic rings. The second kappa shape index (κ2) is 7.81. The Morgan fingerprint density at radius 3 is 2.46 bits per heavy atom. The number of hydrogen-bond acceptors (Lipinski definition) is 2. The Morgan fingerprint density at radius 1 is 1.04 bits per heavy atom. The summed E-state index contributed by atoms with van der Waals surface area (Å²) in [6, 6.07) is 11.2. The molecule has 2 aromatic carbocycles. The van der Waals surface area contributed by atoms with Crippen LogP contribution >= 0.6 is 23.2 Å². The van der Waals surface area contributed by atoms with Crippen LogP contribution in [0.25, 0.3) is 0 Å². The third-order valence-corrected chi connectivity index (χ3v) is 5.42. The number of aliphatic imine (C=N–C) groups is 1. The minimum absolute atomic E-state index is 0.0677. The smallest absolute Gasteiger partial charge is 0.251 e. The van der Waals surface area contributed by atoms with E-state index in [1.807, 2.05) is 0 Å². The Kier molecular flexibility index (Phi) is 5.69. The van der Waals surface area contributed by atoms with Crippen molar-refractivity contribution >= 4 is 40.0 Å². The van der Waals surface area contributed by atoms with Gasteiger partial charge in [0.1, 0.15) is 11.2 Å². The van der Waals surface area contributed by atoms with Crippen molar-refractivity contribution in [3.8, 4) is 0 Å². The first kappa shape index (κ1) is 18.9. The summed E-state index contributed by atoms with van der Waals surface area (Å²) < 4.78 is 0. The third-order valence-electron chi connectivity index (χ3n) is 4.89. The van der Waals surface area contributed by atoms with E-state index < -0.39 is 6.04 Å². The van der Waals surface area contributed by atoms with Crippen molar-refractivity contribution in [1.29, 1.82) is 0 Å². The van der Waals surface area contributed by atoms with Gasteiger partial charge in [-0.3, -0.25) is 9.79 Å². The van der Waals surface area contributed by atoms with Crippen molar-refractivity contribution < 1.29 is 4.79 Å². The molecule has 0 saturated heterocycles. The molecule has 26 heavy (non-hydrogen) atoms. The highest BCUT2D eigenvalue weighted by Crippen LogP contribution is 2.30. The number of carbonyl (C=O) groups is 1. The van der Waals surface area contributed by atoms with Crippen molar-refractivity contribution in [3.63, 3.8) is 0 Å². The predicted molar refractivity (Wildman–Crippen MR) is 110 cm³/mol. The van der Waals surface area contributed by atoms with Gasteiger partial charge in [-0.15, -0.1) is 0 Å². The molecule has 1 atom stereocenters. The first-order valence-electron chi connectivity index (χ1n) is 8.86. The monoisotopic (exact) mass is 388 g/mol. The van der Waals surface area contributed by atoms with Crippen LogP contribution in [0.5, 0.6) is 0 Å². The lowest BCUT2D eigenvalue weighted by atomic mass is 9.96. The van der Waals surface area contributed by atoms with Crippen LogP contribution in [-0.4, -0.2) is 24.2 Å². The second-order valence-electron chi connectivity index (χ2n) is 6.51. The summed E-state index contributed by atoms with van der Waals surface area (Å²) in [6.07, 6.45) is 2.51. The molecule has 1 amide bonds. The van der Waals surface area contributed by atoms with Gasteiger partial charge in [-0.05, 0) is 47.7 Å². The summed E-state index contributed by atoms with van der Waals surface area (Å²) in [5.74, 6) is -0.0677. The Hall–Kier alpha value is -1.84. The number of carbonyl (C=O) groups excluding carboxylic acids is 1. The molecule has 5 heteroatoms. The van der Waals surface area contributed by atoms with Crippen LogP contribution in [-0.2, 0) is 24.1 Å². The largest absolute Gasteiger partial charge is 0.313 e. The van der Waals surface area contributed by atoms with Crippen molar-refractivity contribution in [2.75, 3.05) is 11.9 Å². The Morgan fingerprint density at radius 2 is 1.77 bits per heavy atom. The summed E-state index contributed by atoms with van der Waals surface area (Å²) in [5, 5.41) is 0.894. The molecule has 0 radical (unpaired) electrons. The van der Waals surface area contributed by atoms with E-state index in [0.29, 0.717) is 22.2 Å². The first-order chi connectivity index (χ1) is 12.4. The van der Waals surface area contributed by atoms with E-state index in [1.165, 1.54) is 11.1 Å². The number of nitrogens with zero attached hydrogens (tertiary/aromatic N) is 2. The molecule has 1 unspecified atom stereocenters. The molecule has 1 heterocycles. The number of aryl methyl sites for hydroxylation is 2. The summed E-state index contributed by atoms with van der Waals surface area (Å²) in [7, 11) is 1.75. The fraction of sp³-hybridized carbons (Fsp3) is 0.333. The van der Waals surface area contributed by atoms with Crippen LogP contribution in [0, 0.1) is 0 Å². The number of anilines is 1. The van der Waals surface area contributed by atoms with E-state index in [2.05, 4.69) is 37.0 Å². The fourth-order valence-electron chi connectivity index (χ4n) is 3.41. The van der Waals surface area contributed by atoms with Crippen LogP contribution in [0.3, 0.4) is 0 Å². The van der Waals surface area contributed by atoms with E-state index in [-0.39, 0.29) is 5.91 Å². The maximum atomic E-state index is 12.9. The van der Waals surface area contributed by atoms with Crippen molar-refractivity contribution in [2.45, 2.75) is 39.2 Å². The van der Waals surface area contributed by atoms with Gasteiger partial charge >= 0.3 is 0 Å². The number of fused-ring (bicyclic) bond motifs is 1. The Labute approximate surface area is 164 Å². The number of amides is 1. The number of benzene rings is 2. The van der Waals surface area contributed by atoms with Crippen LogP contribution in [0.2, 0.25) is 5.02 Å². The molecule has 3 rings (SSSR count). The average Bonchev–Trinajstić information content (AvgIpc) is 2.73. The molecule has 136 valence electrons. The van der Waals surface area contributed by atoms with Gasteiger partial charge in [0.2, 0.25) is 0 Å². The van der Waals surface area contributed by atoms with Crippen LogP contribution in [0.15, 0.2) is 41.4 Å². The van der Waals surface area contributed by atoms with E-state index in [1.54, 1.807) is 30.1 Å². The second-order valence-corrected chi connectivity index (χ2v) is 7.30. The quantitative estimate of drug-likeness (QED) is 0.721. The maximum absolute atomic E-state index is 12.9. The van der Waals surface area contributed by atoms with Crippen molar-refractivity contribution in [2.24, 2.45) is 4.99 Å². The van der Waals surface area contributed by atoms with Gasteiger partial charge in [0, 0.05) is 24.1 Å². The fourth-order valence-corrected chi connectivity index (χ4v) is 3.85. The minimum Gasteiger partial charge on any atom is -0.313 e. The van der Waals surface area contributed by atoms with E-state index in [0.717, 1.165) is 24.1 Å². The first-order valence-corrected chi connectivity index (χ1v) is 9.61. The normalized spacial score (nSPS) is 17.0. The number of likely N-dealkylation sites (N-methyl/N-ethyl adjacent to an activating group) is 1. The third kappa shape index (κ3) is 3.65. The zero-order valence-corrected chi connectivity index (χ0v) is 16.7. The molecule has 0 N–H and O–H groups in total. The number of hydrogen-bond donors (Lipinski definition) is 0. The van der Waals surface area contributed by atoms with E-state index >= 15 is 0 Å². The lowest BCUT2D eigenvalue weighted by molar-refractivity contribution is -0.119. The molecule has 0 fully saturated rings. The van der Waals surface area contributed by atoms with Crippen LogP contribution in [0.1, 0.15) is 36.1 Å².